The molecule has 0 aromatic heterocycles. The molecule has 0 saturated heterocycles. The van der Waals surface area contributed by atoms with Gasteiger partial charge in [0.2, 0.25) is 5.91 Å². The van der Waals surface area contributed by atoms with Gasteiger partial charge in [0, 0.05) is 22.8 Å². The van der Waals surface area contributed by atoms with Crippen molar-refractivity contribution in [2.45, 2.75) is 11.3 Å². The third-order valence-electron chi connectivity index (χ3n) is 1.70. The van der Waals surface area contributed by atoms with Gasteiger partial charge in [-0.1, -0.05) is 11.6 Å². The first kappa shape index (κ1) is 12.2. The molecule has 5 N–H and O–H groups in total. The van der Waals surface area contributed by atoms with Crippen molar-refractivity contribution >= 4 is 35.0 Å². The van der Waals surface area contributed by atoms with Crippen molar-refractivity contribution in [3.05, 3.63) is 23.2 Å². The Morgan fingerprint density at radius 1 is 1.53 bits per heavy atom. The number of nitrogens with two attached hydrogens (primary N) is 2. The van der Waals surface area contributed by atoms with Crippen LogP contribution in [0.15, 0.2) is 23.1 Å². The average Bonchev–Trinajstić information content (AvgIpc) is 2.23. The lowest BCUT2D eigenvalue weighted by atomic mass is 10.3. The molecule has 0 spiro atoms. The topological polar surface area (TPSA) is 81.1 Å². The lowest BCUT2D eigenvalue weighted by Crippen LogP contribution is -2.30. The van der Waals surface area contributed by atoms with E-state index in [1.807, 2.05) is 0 Å². The van der Waals surface area contributed by atoms with Crippen LogP contribution in [0.2, 0.25) is 5.02 Å². The molecule has 0 radical (unpaired) electrons. The quantitative estimate of drug-likeness (QED) is 0.246. The Balaban J connectivity index is 2.50. The predicted molar refractivity (Wildman–Crippen MR) is 63.5 cm³/mol. The summed E-state index contributed by atoms with van der Waals surface area (Å²) < 4.78 is 0. The number of rotatable bonds is 4. The van der Waals surface area contributed by atoms with Gasteiger partial charge in [-0.2, -0.15) is 0 Å². The monoisotopic (exact) mass is 245 g/mol. The molecule has 1 aromatic carbocycles. The van der Waals surface area contributed by atoms with Crippen LogP contribution in [0.5, 0.6) is 0 Å². The maximum atomic E-state index is 10.8. The van der Waals surface area contributed by atoms with E-state index in [9.17, 15) is 4.79 Å². The zero-order valence-electron chi connectivity index (χ0n) is 8.00. The second-order valence-corrected chi connectivity index (χ2v) is 4.40. The number of anilines is 1. The number of hydrazine groups is 1. The van der Waals surface area contributed by atoms with E-state index in [4.69, 9.17) is 23.2 Å². The van der Waals surface area contributed by atoms with E-state index in [1.165, 1.54) is 11.8 Å². The number of amides is 1. The molecule has 0 bridgehead atoms. The number of nitrogens with one attached hydrogen (secondary N) is 1. The highest BCUT2D eigenvalue weighted by atomic mass is 35.5. The maximum absolute atomic E-state index is 10.8. The smallest absolute Gasteiger partial charge is 0.234 e. The lowest BCUT2D eigenvalue weighted by Gasteiger charge is -2.04. The molecule has 82 valence electrons. The summed E-state index contributed by atoms with van der Waals surface area (Å²) in [5, 5.41) is 0.641. The van der Waals surface area contributed by atoms with Gasteiger partial charge in [0.05, 0.1) is 5.02 Å². The molecule has 6 heteroatoms. The predicted octanol–water partition coefficient (Wildman–Crippen LogP) is 1.39. The highest BCUT2D eigenvalue weighted by molar-refractivity contribution is 7.99. The fourth-order valence-corrected chi connectivity index (χ4v) is 2.17. The summed E-state index contributed by atoms with van der Waals surface area (Å²) in [6.07, 6.45) is 0.353. The van der Waals surface area contributed by atoms with Crippen molar-refractivity contribution in [3.8, 4) is 0 Å². The van der Waals surface area contributed by atoms with E-state index in [2.05, 4.69) is 5.43 Å². The van der Waals surface area contributed by atoms with Gasteiger partial charge in [-0.25, -0.2) is 5.84 Å². The van der Waals surface area contributed by atoms with Gasteiger partial charge in [0.1, 0.15) is 0 Å². The minimum Gasteiger partial charge on any atom is -0.399 e. The van der Waals surface area contributed by atoms with Crippen LogP contribution in [-0.2, 0) is 4.79 Å². The average molecular weight is 246 g/mol. The van der Waals surface area contributed by atoms with E-state index >= 15 is 0 Å². The molecule has 0 fully saturated rings. The molecule has 0 heterocycles. The number of benzene rings is 1. The number of halogens is 1. The number of carbonyl (C=O) groups excluding carboxylic acids is 1. The van der Waals surface area contributed by atoms with Crippen molar-refractivity contribution in [1.29, 1.82) is 0 Å². The Kier molecular flexibility index (Phi) is 4.74. The molecule has 0 aliphatic rings. The van der Waals surface area contributed by atoms with E-state index in [1.54, 1.807) is 18.2 Å². The SMILES string of the molecule is NNC(=O)CCSc1cc(N)ccc1Cl. The fourth-order valence-electron chi connectivity index (χ4n) is 0.956. The standard InChI is InChI=1S/C9H12ClN3OS/c10-7-2-1-6(11)5-8(7)15-4-3-9(14)13-12/h1-2,5H,3-4,11-12H2,(H,13,14). The first-order valence-corrected chi connectivity index (χ1v) is 5.67. The largest absolute Gasteiger partial charge is 0.399 e. The molecule has 0 atom stereocenters. The number of hydrogen-bond donors (Lipinski definition) is 3. The van der Waals surface area contributed by atoms with Crippen LogP contribution in [-0.4, -0.2) is 11.7 Å². The van der Waals surface area contributed by atoms with Crippen LogP contribution in [0.3, 0.4) is 0 Å². The normalized spacial score (nSPS) is 10.0. The van der Waals surface area contributed by atoms with Gasteiger partial charge in [0.15, 0.2) is 0 Å². The Hall–Kier alpha value is -0.910. The van der Waals surface area contributed by atoms with Crippen molar-refractivity contribution in [2.75, 3.05) is 11.5 Å². The van der Waals surface area contributed by atoms with Crippen LogP contribution in [0.1, 0.15) is 6.42 Å². The summed E-state index contributed by atoms with van der Waals surface area (Å²) in [6.45, 7) is 0. The van der Waals surface area contributed by atoms with Crippen molar-refractivity contribution in [3.63, 3.8) is 0 Å². The summed E-state index contributed by atoms with van der Waals surface area (Å²) in [5.41, 5.74) is 8.34. The summed E-state index contributed by atoms with van der Waals surface area (Å²) in [7, 11) is 0. The second-order valence-electron chi connectivity index (χ2n) is 2.86. The molecule has 1 aromatic rings. The molecular weight excluding hydrogens is 234 g/mol. The molecule has 0 aliphatic heterocycles. The molecule has 0 aliphatic carbocycles. The second kappa shape index (κ2) is 5.85. The molecule has 1 amide bonds. The molecular formula is C9H12ClN3OS. The highest BCUT2D eigenvalue weighted by Crippen LogP contribution is 2.29. The number of thioether (sulfide) groups is 1. The molecule has 4 nitrogen and oxygen atoms in total. The van der Waals surface area contributed by atoms with Gasteiger partial charge < -0.3 is 5.73 Å². The van der Waals surface area contributed by atoms with Crippen LogP contribution in [0.4, 0.5) is 5.69 Å². The fraction of sp³-hybridized carbons (Fsp3) is 0.222. The van der Waals surface area contributed by atoms with Crippen LogP contribution >= 0.6 is 23.4 Å². The molecule has 0 saturated carbocycles. The zero-order chi connectivity index (χ0) is 11.3. The highest BCUT2D eigenvalue weighted by Gasteiger charge is 2.03. The van der Waals surface area contributed by atoms with E-state index in [0.717, 1.165) is 4.90 Å². The first-order chi connectivity index (χ1) is 7.13. The van der Waals surface area contributed by atoms with Gasteiger partial charge in [-0.05, 0) is 18.2 Å². The third-order valence-corrected chi connectivity index (χ3v) is 3.20. The number of hydrogen-bond acceptors (Lipinski definition) is 4. The Morgan fingerprint density at radius 2 is 2.27 bits per heavy atom. The number of carbonyl (C=O) groups is 1. The van der Waals surface area contributed by atoms with Gasteiger partial charge in [-0.15, -0.1) is 11.8 Å². The van der Waals surface area contributed by atoms with Crippen molar-refractivity contribution in [2.24, 2.45) is 5.84 Å². The molecule has 15 heavy (non-hydrogen) atoms. The van der Waals surface area contributed by atoms with Crippen molar-refractivity contribution in [1.82, 2.24) is 5.43 Å². The van der Waals surface area contributed by atoms with E-state index in [0.29, 0.717) is 22.9 Å². The summed E-state index contributed by atoms with van der Waals surface area (Å²) in [5.74, 6) is 5.38. The summed E-state index contributed by atoms with van der Waals surface area (Å²) in [6, 6.07) is 5.26. The zero-order valence-corrected chi connectivity index (χ0v) is 9.57. The summed E-state index contributed by atoms with van der Waals surface area (Å²) >= 11 is 7.42. The van der Waals surface area contributed by atoms with Gasteiger partial charge in [-0.3, -0.25) is 10.2 Å². The summed E-state index contributed by atoms with van der Waals surface area (Å²) in [4.78, 5) is 11.7. The first-order valence-electron chi connectivity index (χ1n) is 4.30. The minimum atomic E-state index is -0.192. The Morgan fingerprint density at radius 3 is 2.93 bits per heavy atom. The van der Waals surface area contributed by atoms with E-state index < -0.39 is 0 Å². The lowest BCUT2D eigenvalue weighted by molar-refractivity contribution is -0.120. The molecule has 0 unspecified atom stereocenters. The van der Waals surface area contributed by atoms with Gasteiger partial charge >= 0.3 is 0 Å². The minimum absolute atomic E-state index is 0.192. The number of nitrogen functional groups attached to an aromatic ring is 1. The van der Waals surface area contributed by atoms with Crippen LogP contribution in [0.25, 0.3) is 0 Å². The van der Waals surface area contributed by atoms with Crippen molar-refractivity contribution < 1.29 is 4.79 Å². The third kappa shape index (κ3) is 3.99. The Bertz CT molecular complexity index is 359. The maximum Gasteiger partial charge on any atom is 0.234 e. The Labute approximate surface area is 97.3 Å². The van der Waals surface area contributed by atoms with Crippen LogP contribution < -0.4 is 17.0 Å². The van der Waals surface area contributed by atoms with Gasteiger partial charge in [0.25, 0.3) is 0 Å². The van der Waals surface area contributed by atoms with Crippen LogP contribution in [0, 0.1) is 0 Å². The molecule has 1 rings (SSSR count). The van der Waals surface area contributed by atoms with E-state index in [-0.39, 0.29) is 5.91 Å².